The smallest absolute Gasteiger partial charge is 0.00665 e. The lowest BCUT2D eigenvalue weighted by Gasteiger charge is -2.42. The van der Waals surface area contributed by atoms with Gasteiger partial charge in [-0.15, -0.1) is 0 Å². The molecule has 0 heterocycles. The van der Waals surface area contributed by atoms with E-state index < -0.39 is 0 Å². The van der Waals surface area contributed by atoms with Crippen molar-refractivity contribution in [1.29, 1.82) is 0 Å². The summed E-state index contributed by atoms with van der Waals surface area (Å²) in [5.41, 5.74) is 4.85. The lowest BCUT2D eigenvalue weighted by atomic mass is 9.62. The average Bonchev–Trinajstić information content (AvgIpc) is 2.26. The van der Waals surface area contributed by atoms with Gasteiger partial charge < -0.3 is 0 Å². The van der Waals surface area contributed by atoms with Gasteiger partial charge in [-0.3, -0.25) is 0 Å². The maximum Gasteiger partial charge on any atom is -0.00665 e. The van der Waals surface area contributed by atoms with Crippen molar-refractivity contribution in [3.05, 3.63) is 47.6 Å². The van der Waals surface area contributed by atoms with E-state index in [0.717, 1.165) is 5.92 Å². The molecule has 0 aromatic rings. The number of hydrogen-bond acceptors (Lipinski definition) is 0. The van der Waals surface area contributed by atoms with Crippen LogP contribution in [0.2, 0.25) is 0 Å². The fraction of sp³-hybridized carbons (Fsp3) is 0.500. The van der Waals surface area contributed by atoms with Crippen molar-refractivity contribution in [2.45, 2.75) is 39.0 Å². The standard InChI is InChI=1S/C16H20/c1-12-6-7-13-11-16(2)8-4-3-5-15(16)10-14(13)9-12/h3,5,9-10,13H,1,4,6-8,11H2,2H3/t13?,16-/m1/s1. The SMILES string of the molecule is C=C1C=C2C=C3C=CCC[C@]3(C)CC2CC1. The Morgan fingerprint density at radius 1 is 1.38 bits per heavy atom. The van der Waals surface area contributed by atoms with Gasteiger partial charge in [0.2, 0.25) is 0 Å². The molecule has 0 aromatic heterocycles. The summed E-state index contributed by atoms with van der Waals surface area (Å²) >= 11 is 0. The minimum Gasteiger partial charge on any atom is -0.0958 e. The normalized spacial score (nSPS) is 37.3. The second kappa shape index (κ2) is 3.48. The Hall–Kier alpha value is -1.04. The fourth-order valence-corrected chi connectivity index (χ4v) is 3.45. The summed E-state index contributed by atoms with van der Waals surface area (Å²) in [6.45, 7) is 6.55. The van der Waals surface area contributed by atoms with Gasteiger partial charge >= 0.3 is 0 Å². The topological polar surface area (TPSA) is 0 Å². The maximum absolute atomic E-state index is 4.10. The van der Waals surface area contributed by atoms with Crippen LogP contribution in [0.5, 0.6) is 0 Å². The van der Waals surface area contributed by atoms with Crippen molar-refractivity contribution < 1.29 is 0 Å². The van der Waals surface area contributed by atoms with Crippen LogP contribution in [0.25, 0.3) is 0 Å². The predicted octanol–water partition coefficient (Wildman–Crippen LogP) is 4.57. The highest BCUT2D eigenvalue weighted by Gasteiger charge is 2.37. The van der Waals surface area contributed by atoms with Crippen LogP contribution >= 0.6 is 0 Å². The van der Waals surface area contributed by atoms with E-state index in [9.17, 15) is 0 Å². The van der Waals surface area contributed by atoms with Crippen LogP contribution in [0.1, 0.15) is 39.0 Å². The summed E-state index contributed by atoms with van der Waals surface area (Å²) in [4.78, 5) is 0. The third kappa shape index (κ3) is 1.52. The quantitative estimate of drug-likeness (QED) is 0.552. The molecule has 0 aliphatic heterocycles. The minimum atomic E-state index is 0.454. The van der Waals surface area contributed by atoms with Crippen molar-refractivity contribution >= 4 is 0 Å². The molecule has 0 fully saturated rings. The highest BCUT2D eigenvalue weighted by molar-refractivity contribution is 5.45. The monoisotopic (exact) mass is 212 g/mol. The molecule has 0 heteroatoms. The number of fused-ring (bicyclic) bond motifs is 2. The first kappa shape index (κ1) is 10.1. The van der Waals surface area contributed by atoms with Crippen LogP contribution < -0.4 is 0 Å². The van der Waals surface area contributed by atoms with Crippen LogP contribution in [-0.4, -0.2) is 0 Å². The van der Waals surface area contributed by atoms with Crippen molar-refractivity contribution in [2.75, 3.05) is 0 Å². The van der Waals surface area contributed by atoms with Crippen LogP contribution in [0, 0.1) is 11.3 Å². The molecule has 3 aliphatic rings. The Bertz CT molecular complexity index is 419. The molecular formula is C16H20. The van der Waals surface area contributed by atoms with E-state index in [0.29, 0.717) is 5.41 Å². The molecule has 1 unspecified atom stereocenters. The molecule has 0 saturated carbocycles. The molecule has 0 bridgehead atoms. The van der Waals surface area contributed by atoms with Gasteiger partial charge in [0.25, 0.3) is 0 Å². The van der Waals surface area contributed by atoms with Crippen molar-refractivity contribution in [3.63, 3.8) is 0 Å². The number of hydrogen-bond donors (Lipinski definition) is 0. The minimum absolute atomic E-state index is 0.454. The van der Waals surface area contributed by atoms with Gasteiger partial charge in [0.1, 0.15) is 0 Å². The third-order valence-electron chi connectivity index (χ3n) is 4.53. The molecule has 0 N–H and O–H groups in total. The molecule has 0 nitrogen and oxygen atoms in total. The molecule has 84 valence electrons. The van der Waals surface area contributed by atoms with Crippen molar-refractivity contribution in [3.8, 4) is 0 Å². The van der Waals surface area contributed by atoms with E-state index >= 15 is 0 Å². The van der Waals surface area contributed by atoms with Crippen molar-refractivity contribution in [2.24, 2.45) is 11.3 Å². The third-order valence-corrected chi connectivity index (χ3v) is 4.53. The molecule has 3 aliphatic carbocycles. The van der Waals surface area contributed by atoms with Crippen LogP contribution in [0.3, 0.4) is 0 Å². The Labute approximate surface area is 98.4 Å². The van der Waals surface area contributed by atoms with Gasteiger partial charge in [0, 0.05) is 0 Å². The van der Waals surface area contributed by atoms with E-state index in [1.165, 1.54) is 43.3 Å². The first-order valence-electron chi connectivity index (χ1n) is 6.45. The zero-order valence-corrected chi connectivity index (χ0v) is 10.1. The van der Waals surface area contributed by atoms with Gasteiger partial charge in [-0.1, -0.05) is 43.4 Å². The van der Waals surface area contributed by atoms with Gasteiger partial charge in [-0.2, -0.15) is 0 Å². The molecule has 0 aromatic carbocycles. The Balaban J connectivity index is 2.05. The average molecular weight is 212 g/mol. The second-order valence-corrected chi connectivity index (χ2v) is 5.84. The number of rotatable bonds is 0. The summed E-state index contributed by atoms with van der Waals surface area (Å²) in [7, 11) is 0. The molecule has 2 atom stereocenters. The highest BCUT2D eigenvalue weighted by Crippen LogP contribution is 2.50. The molecule has 0 saturated heterocycles. The highest BCUT2D eigenvalue weighted by atomic mass is 14.4. The van der Waals surface area contributed by atoms with Gasteiger partial charge in [-0.25, -0.2) is 0 Å². The van der Waals surface area contributed by atoms with E-state index in [1.807, 2.05) is 0 Å². The second-order valence-electron chi connectivity index (χ2n) is 5.84. The summed E-state index contributed by atoms with van der Waals surface area (Å²) < 4.78 is 0. The maximum atomic E-state index is 4.10. The molecule has 0 radical (unpaired) electrons. The summed E-state index contributed by atoms with van der Waals surface area (Å²) in [6.07, 6.45) is 15.9. The van der Waals surface area contributed by atoms with E-state index in [4.69, 9.17) is 0 Å². The van der Waals surface area contributed by atoms with Gasteiger partial charge in [0.15, 0.2) is 0 Å². The first-order valence-corrected chi connectivity index (χ1v) is 6.45. The van der Waals surface area contributed by atoms with Crippen molar-refractivity contribution in [1.82, 2.24) is 0 Å². The molecule has 16 heavy (non-hydrogen) atoms. The Morgan fingerprint density at radius 3 is 3.12 bits per heavy atom. The first-order chi connectivity index (χ1) is 7.67. The van der Waals surface area contributed by atoms with E-state index in [1.54, 1.807) is 5.57 Å². The number of allylic oxidation sites excluding steroid dienone is 7. The molecule has 3 rings (SSSR count). The van der Waals surface area contributed by atoms with E-state index in [2.05, 4.69) is 37.8 Å². The van der Waals surface area contributed by atoms with Gasteiger partial charge in [-0.05, 0) is 54.6 Å². The van der Waals surface area contributed by atoms with Gasteiger partial charge in [0.05, 0.1) is 0 Å². The Morgan fingerprint density at radius 2 is 2.25 bits per heavy atom. The summed E-state index contributed by atoms with van der Waals surface area (Å²) in [6, 6.07) is 0. The van der Waals surface area contributed by atoms with Crippen LogP contribution in [0.4, 0.5) is 0 Å². The lowest BCUT2D eigenvalue weighted by molar-refractivity contribution is 0.270. The zero-order valence-electron chi connectivity index (χ0n) is 10.1. The molecule has 0 amide bonds. The zero-order chi connectivity index (χ0) is 11.2. The van der Waals surface area contributed by atoms with Crippen LogP contribution in [0.15, 0.2) is 47.6 Å². The predicted molar refractivity (Wildman–Crippen MR) is 69.1 cm³/mol. The largest absolute Gasteiger partial charge is 0.0958 e. The summed E-state index contributed by atoms with van der Waals surface area (Å²) in [5.74, 6) is 0.797. The fourth-order valence-electron chi connectivity index (χ4n) is 3.45. The lowest BCUT2D eigenvalue weighted by Crippen LogP contribution is -2.30. The summed E-state index contributed by atoms with van der Waals surface area (Å²) in [5, 5.41) is 0. The molecule has 0 spiro atoms. The molecular weight excluding hydrogens is 192 g/mol. The van der Waals surface area contributed by atoms with E-state index in [-0.39, 0.29) is 0 Å². The Kier molecular flexibility index (Phi) is 2.20. The van der Waals surface area contributed by atoms with Crippen LogP contribution in [-0.2, 0) is 0 Å².